The highest BCUT2D eigenvalue weighted by Gasteiger charge is 2.31. The number of methoxy groups -OCH3 is 1. The fourth-order valence-corrected chi connectivity index (χ4v) is 3.98. The SMILES string of the molecule is C=CCn1c(C(=O)N2CCNCC2)c(-c2ccccc2)n(-c2ccccc2OC)c1=O. The van der Waals surface area contributed by atoms with Gasteiger partial charge in [-0.3, -0.25) is 13.9 Å². The zero-order chi connectivity index (χ0) is 21.8. The number of aromatic nitrogens is 2. The van der Waals surface area contributed by atoms with Crippen LogP contribution in [-0.2, 0) is 6.54 Å². The maximum absolute atomic E-state index is 13.7. The van der Waals surface area contributed by atoms with Crippen LogP contribution in [0.2, 0.25) is 0 Å². The van der Waals surface area contributed by atoms with E-state index in [0.29, 0.717) is 35.9 Å². The molecule has 0 aliphatic carbocycles. The number of amides is 1. The first-order chi connectivity index (χ1) is 15.2. The van der Waals surface area contributed by atoms with Crippen LogP contribution in [0.15, 0.2) is 72.0 Å². The predicted molar refractivity (Wildman–Crippen MR) is 121 cm³/mol. The largest absolute Gasteiger partial charge is 0.495 e. The molecule has 0 saturated carbocycles. The molecule has 1 aliphatic rings. The number of carbonyl (C=O) groups is 1. The molecule has 0 spiro atoms. The second kappa shape index (κ2) is 9.06. The summed E-state index contributed by atoms with van der Waals surface area (Å²) >= 11 is 0. The Morgan fingerprint density at radius 2 is 1.77 bits per heavy atom. The predicted octanol–water partition coefficient (Wildman–Crippen LogP) is 2.55. The van der Waals surface area contributed by atoms with Crippen molar-refractivity contribution in [1.82, 2.24) is 19.4 Å². The summed E-state index contributed by atoms with van der Waals surface area (Å²) in [6.45, 7) is 6.67. The van der Waals surface area contributed by atoms with Crippen molar-refractivity contribution in [2.24, 2.45) is 0 Å². The summed E-state index contributed by atoms with van der Waals surface area (Å²) in [7, 11) is 1.57. The van der Waals surface area contributed by atoms with Crippen molar-refractivity contribution in [3.8, 4) is 22.7 Å². The third-order valence-corrected chi connectivity index (χ3v) is 5.43. The number of carbonyl (C=O) groups excluding carboxylic acids is 1. The second-order valence-corrected chi connectivity index (χ2v) is 7.29. The van der Waals surface area contributed by atoms with E-state index >= 15 is 0 Å². The first kappa shape index (κ1) is 20.7. The molecule has 7 nitrogen and oxygen atoms in total. The van der Waals surface area contributed by atoms with Crippen LogP contribution in [0.25, 0.3) is 16.9 Å². The third-order valence-electron chi connectivity index (χ3n) is 5.43. The van der Waals surface area contributed by atoms with E-state index in [2.05, 4.69) is 11.9 Å². The van der Waals surface area contributed by atoms with Gasteiger partial charge in [-0.15, -0.1) is 6.58 Å². The van der Waals surface area contributed by atoms with Crippen molar-refractivity contribution in [3.05, 3.63) is 83.4 Å². The molecular formula is C24H26N4O3. The normalized spacial score (nSPS) is 13.8. The van der Waals surface area contributed by atoms with Gasteiger partial charge in [-0.2, -0.15) is 0 Å². The average Bonchev–Trinajstić information content (AvgIpc) is 3.11. The number of allylic oxidation sites excluding steroid dienone is 1. The van der Waals surface area contributed by atoms with Gasteiger partial charge in [0.2, 0.25) is 0 Å². The summed E-state index contributed by atoms with van der Waals surface area (Å²) in [5, 5.41) is 3.26. The van der Waals surface area contributed by atoms with Gasteiger partial charge < -0.3 is 15.0 Å². The zero-order valence-electron chi connectivity index (χ0n) is 17.6. The molecule has 1 aliphatic heterocycles. The Morgan fingerprint density at radius 3 is 2.45 bits per heavy atom. The Bertz CT molecular complexity index is 1140. The molecule has 2 aromatic carbocycles. The van der Waals surface area contributed by atoms with Crippen LogP contribution in [0.3, 0.4) is 0 Å². The zero-order valence-corrected chi connectivity index (χ0v) is 17.6. The van der Waals surface area contributed by atoms with E-state index in [1.165, 1.54) is 4.57 Å². The molecule has 0 unspecified atom stereocenters. The number of nitrogens with one attached hydrogen (secondary N) is 1. The van der Waals surface area contributed by atoms with Gasteiger partial charge in [-0.25, -0.2) is 4.79 Å². The Kier molecular flexibility index (Phi) is 6.04. The van der Waals surface area contributed by atoms with Crippen LogP contribution in [0.5, 0.6) is 5.75 Å². The number of para-hydroxylation sites is 2. The minimum atomic E-state index is -0.304. The minimum absolute atomic E-state index is 0.159. The molecule has 31 heavy (non-hydrogen) atoms. The standard InChI is InChI=1S/C24H26N4O3/c1-3-15-27-22(23(29)26-16-13-25-14-17-26)21(18-9-5-4-6-10-18)28(24(27)30)19-11-7-8-12-20(19)31-2/h3-12,25H,1,13-17H2,2H3. The molecule has 1 saturated heterocycles. The van der Waals surface area contributed by atoms with Crippen LogP contribution in [0.1, 0.15) is 10.5 Å². The third kappa shape index (κ3) is 3.80. The number of piperazine rings is 1. The molecule has 0 radical (unpaired) electrons. The molecule has 1 amide bonds. The first-order valence-electron chi connectivity index (χ1n) is 10.3. The summed E-state index contributed by atoms with van der Waals surface area (Å²) in [5.74, 6) is 0.395. The van der Waals surface area contributed by atoms with Gasteiger partial charge in [0, 0.05) is 38.3 Å². The molecule has 160 valence electrons. The highest BCUT2D eigenvalue weighted by atomic mass is 16.5. The molecule has 1 aromatic heterocycles. The molecule has 2 heterocycles. The van der Waals surface area contributed by atoms with Crippen molar-refractivity contribution < 1.29 is 9.53 Å². The second-order valence-electron chi connectivity index (χ2n) is 7.29. The Labute approximate surface area is 181 Å². The molecule has 1 N–H and O–H groups in total. The lowest BCUT2D eigenvalue weighted by Crippen LogP contribution is -2.47. The molecule has 1 fully saturated rings. The minimum Gasteiger partial charge on any atom is -0.495 e. The van der Waals surface area contributed by atoms with Crippen molar-refractivity contribution in [2.75, 3.05) is 33.3 Å². The van der Waals surface area contributed by atoms with Crippen molar-refractivity contribution in [2.45, 2.75) is 6.54 Å². The topological polar surface area (TPSA) is 68.5 Å². The van der Waals surface area contributed by atoms with Crippen LogP contribution in [-0.4, -0.2) is 53.2 Å². The summed E-state index contributed by atoms with van der Waals surface area (Å²) in [5.41, 5.74) is 1.99. The van der Waals surface area contributed by atoms with Crippen LogP contribution in [0.4, 0.5) is 0 Å². The van der Waals surface area contributed by atoms with Crippen LogP contribution < -0.4 is 15.7 Å². The number of nitrogens with zero attached hydrogens (tertiary/aromatic N) is 3. The van der Waals surface area contributed by atoms with Gasteiger partial charge in [0.15, 0.2) is 0 Å². The van der Waals surface area contributed by atoms with Gasteiger partial charge in [-0.1, -0.05) is 48.5 Å². The summed E-state index contributed by atoms with van der Waals surface area (Å²) < 4.78 is 8.62. The van der Waals surface area contributed by atoms with Crippen LogP contribution >= 0.6 is 0 Å². The highest BCUT2D eigenvalue weighted by Crippen LogP contribution is 2.31. The monoisotopic (exact) mass is 418 g/mol. The van der Waals surface area contributed by atoms with Crippen molar-refractivity contribution in [1.29, 1.82) is 0 Å². The molecule has 7 heteroatoms. The molecular weight excluding hydrogens is 392 g/mol. The number of benzene rings is 2. The number of hydrogen-bond donors (Lipinski definition) is 1. The van der Waals surface area contributed by atoms with Gasteiger partial charge in [-0.05, 0) is 12.1 Å². The van der Waals surface area contributed by atoms with Gasteiger partial charge >= 0.3 is 5.69 Å². The van der Waals surface area contributed by atoms with E-state index in [4.69, 9.17) is 4.74 Å². The van der Waals surface area contributed by atoms with E-state index in [1.54, 1.807) is 28.7 Å². The average molecular weight is 418 g/mol. The smallest absolute Gasteiger partial charge is 0.334 e. The molecule has 4 rings (SSSR count). The van der Waals surface area contributed by atoms with E-state index in [9.17, 15) is 9.59 Å². The van der Waals surface area contributed by atoms with Crippen molar-refractivity contribution in [3.63, 3.8) is 0 Å². The maximum atomic E-state index is 13.7. The lowest BCUT2D eigenvalue weighted by Gasteiger charge is -2.28. The van der Waals surface area contributed by atoms with E-state index in [-0.39, 0.29) is 18.1 Å². The molecule has 0 atom stereocenters. The lowest BCUT2D eigenvalue weighted by molar-refractivity contribution is 0.0726. The molecule has 0 bridgehead atoms. The Balaban J connectivity index is 2.04. The fraction of sp³-hybridized carbons (Fsp3) is 0.250. The van der Waals surface area contributed by atoms with Crippen LogP contribution in [0, 0.1) is 0 Å². The lowest BCUT2D eigenvalue weighted by atomic mass is 10.1. The van der Waals surface area contributed by atoms with E-state index < -0.39 is 0 Å². The number of hydrogen-bond acceptors (Lipinski definition) is 4. The quantitative estimate of drug-likeness (QED) is 0.625. The summed E-state index contributed by atoms with van der Waals surface area (Å²) in [6, 6.07) is 16.9. The Hall–Kier alpha value is -3.58. The van der Waals surface area contributed by atoms with Gasteiger partial charge in [0.1, 0.15) is 11.4 Å². The highest BCUT2D eigenvalue weighted by molar-refractivity contribution is 5.99. The van der Waals surface area contributed by atoms with E-state index in [0.717, 1.165) is 18.7 Å². The fourth-order valence-electron chi connectivity index (χ4n) is 3.98. The summed E-state index contributed by atoms with van der Waals surface area (Å²) in [4.78, 5) is 29.2. The van der Waals surface area contributed by atoms with Gasteiger partial charge in [0.05, 0.1) is 18.5 Å². The van der Waals surface area contributed by atoms with E-state index in [1.807, 2.05) is 48.5 Å². The number of rotatable bonds is 6. The van der Waals surface area contributed by atoms with Gasteiger partial charge in [0.25, 0.3) is 5.91 Å². The number of imidazole rings is 1. The number of ether oxygens (including phenoxy) is 1. The maximum Gasteiger partial charge on any atom is 0.334 e. The first-order valence-corrected chi connectivity index (χ1v) is 10.3. The summed E-state index contributed by atoms with van der Waals surface area (Å²) in [6.07, 6.45) is 1.64. The Morgan fingerprint density at radius 1 is 1.10 bits per heavy atom. The van der Waals surface area contributed by atoms with Crippen molar-refractivity contribution >= 4 is 5.91 Å². The molecule has 3 aromatic rings.